The molecule has 0 unspecified atom stereocenters. The highest BCUT2D eigenvalue weighted by Gasteiger charge is 2.10. The zero-order valence-corrected chi connectivity index (χ0v) is 17.6. The number of hydrogen-bond acceptors (Lipinski definition) is 5. The summed E-state index contributed by atoms with van der Waals surface area (Å²) < 4.78 is 11.3. The number of ether oxygens (including phenoxy) is 2. The van der Waals surface area contributed by atoms with Crippen LogP contribution in [0.25, 0.3) is 0 Å². The van der Waals surface area contributed by atoms with Gasteiger partial charge in [0.15, 0.2) is 11.5 Å². The molecule has 0 aromatic heterocycles. The van der Waals surface area contributed by atoms with Crippen molar-refractivity contribution in [3.8, 4) is 17.6 Å². The third kappa shape index (κ3) is 5.76. The van der Waals surface area contributed by atoms with Gasteiger partial charge in [-0.05, 0) is 64.7 Å². The summed E-state index contributed by atoms with van der Waals surface area (Å²) in [6.45, 7) is 2.37. The lowest BCUT2D eigenvalue weighted by Gasteiger charge is -2.10. The van der Waals surface area contributed by atoms with Crippen LogP contribution in [0.5, 0.6) is 11.5 Å². The Labute approximate surface area is 173 Å². The first-order valence-corrected chi connectivity index (χ1v) is 9.39. The number of nitriles is 1. The molecule has 0 aliphatic rings. The maximum Gasteiger partial charge on any atom is 0.263 e. The van der Waals surface area contributed by atoms with Crippen LogP contribution in [0.3, 0.4) is 0 Å². The molecule has 0 bridgehead atoms. The average molecular weight is 444 g/mol. The van der Waals surface area contributed by atoms with E-state index < -0.39 is 5.91 Å². The Morgan fingerprint density at radius 3 is 2.57 bits per heavy atom. The molecule has 0 heterocycles. The molecule has 0 spiro atoms. The molecule has 0 aliphatic heterocycles. The minimum atomic E-state index is -0.432. The van der Waals surface area contributed by atoms with Gasteiger partial charge in [-0.2, -0.15) is 5.26 Å². The first kappa shape index (κ1) is 21.3. The van der Waals surface area contributed by atoms with E-state index in [0.29, 0.717) is 24.5 Å². The first-order chi connectivity index (χ1) is 13.5. The highest BCUT2D eigenvalue weighted by atomic mass is 79.9. The predicted molar refractivity (Wildman–Crippen MR) is 112 cm³/mol. The summed E-state index contributed by atoms with van der Waals surface area (Å²) in [5.74, 6) is 0.855. The summed E-state index contributed by atoms with van der Waals surface area (Å²) in [4.78, 5) is 12.3. The Balaban J connectivity index is 1.94. The molecule has 0 atom stereocenters. The maximum absolute atomic E-state index is 12.3. The summed E-state index contributed by atoms with van der Waals surface area (Å²) in [7, 11) is 3.16. The molecular weight excluding hydrogens is 422 g/mol. The van der Waals surface area contributed by atoms with E-state index in [4.69, 9.17) is 9.47 Å². The van der Waals surface area contributed by atoms with Crippen molar-refractivity contribution >= 4 is 27.5 Å². The zero-order valence-electron chi connectivity index (χ0n) is 16.0. The Bertz CT molecular complexity index is 920. The Hall–Kier alpha value is -2.98. The number of amides is 1. The molecule has 2 rings (SSSR count). The van der Waals surface area contributed by atoms with Gasteiger partial charge in [-0.3, -0.25) is 4.79 Å². The van der Waals surface area contributed by atoms with Gasteiger partial charge < -0.3 is 20.1 Å². The molecule has 2 aromatic carbocycles. The summed E-state index contributed by atoms with van der Waals surface area (Å²) in [5, 5.41) is 15.0. The zero-order chi connectivity index (χ0) is 20.5. The van der Waals surface area contributed by atoms with E-state index in [1.165, 1.54) is 6.20 Å². The normalized spacial score (nSPS) is 10.8. The van der Waals surface area contributed by atoms with Crippen LogP contribution < -0.4 is 20.1 Å². The van der Waals surface area contributed by atoms with Gasteiger partial charge in [0.25, 0.3) is 5.91 Å². The third-order valence-electron chi connectivity index (χ3n) is 4.01. The minimum Gasteiger partial charge on any atom is -0.493 e. The number of aryl methyl sites for hydroxylation is 1. The van der Waals surface area contributed by atoms with Crippen molar-refractivity contribution in [2.75, 3.05) is 26.1 Å². The Kier molecular flexibility index (Phi) is 7.90. The lowest BCUT2D eigenvalue weighted by atomic mass is 10.1. The fraction of sp³-hybridized carbons (Fsp3) is 0.238. The SMILES string of the molecule is COc1ccc(CCNC(=O)/C(C#N)=C\Nc2ccc(C)cc2Br)cc1OC. The lowest BCUT2D eigenvalue weighted by molar-refractivity contribution is -0.117. The molecule has 2 N–H and O–H groups in total. The van der Waals surface area contributed by atoms with Gasteiger partial charge in [0.2, 0.25) is 0 Å². The van der Waals surface area contributed by atoms with Crippen LogP contribution in [0.15, 0.2) is 52.6 Å². The monoisotopic (exact) mass is 443 g/mol. The van der Waals surface area contributed by atoms with E-state index in [-0.39, 0.29) is 5.57 Å². The molecule has 0 radical (unpaired) electrons. The van der Waals surface area contributed by atoms with Crippen molar-refractivity contribution in [3.05, 3.63) is 63.8 Å². The van der Waals surface area contributed by atoms with Crippen LogP contribution in [0.4, 0.5) is 5.69 Å². The van der Waals surface area contributed by atoms with Crippen LogP contribution in [0, 0.1) is 18.3 Å². The van der Waals surface area contributed by atoms with Crippen LogP contribution in [0.1, 0.15) is 11.1 Å². The molecule has 146 valence electrons. The number of anilines is 1. The van der Waals surface area contributed by atoms with Gasteiger partial charge in [-0.25, -0.2) is 0 Å². The second kappa shape index (κ2) is 10.4. The van der Waals surface area contributed by atoms with E-state index in [2.05, 4.69) is 26.6 Å². The van der Waals surface area contributed by atoms with Crippen molar-refractivity contribution in [1.82, 2.24) is 5.32 Å². The number of nitrogens with one attached hydrogen (secondary N) is 2. The highest BCUT2D eigenvalue weighted by Crippen LogP contribution is 2.27. The van der Waals surface area contributed by atoms with Crippen LogP contribution in [-0.4, -0.2) is 26.7 Å². The number of rotatable bonds is 8. The van der Waals surface area contributed by atoms with Gasteiger partial charge >= 0.3 is 0 Å². The number of carbonyl (C=O) groups excluding carboxylic acids is 1. The van der Waals surface area contributed by atoms with E-state index in [0.717, 1.165) is 21.3 Å². The second-order valence-electron chi connectivity index (χ2n) is 5.99. The van der Waals surface area contributed by atoms with Gasteiger partial charge in [0.05, 0.1) is 19.9 Å². The van der Waals surface area contributed by atoms with Crippen molar-refractivity contribution in [2.45, 2.75) is 13.3 Å². The van der Waals surface area contributed by atoms with Crippen LogP contribution in [0.2, 0.25) is 0 Å². The second-order valence-corrected chi connectivity index (χ2v) is 6.85. The summed E-state index contributed by atoms with van der Waals surface area (Å²) in [6.07, 6.45) is 2.00. The number of methoxy groups -OCH3 is 2. The predicted octanol–water partition coefficient (Wildman–Crippen LogP) is 3.95. The summed E-state index contributed by atoms with van der Waals surface area (Å²) >= 11 is 3.45. The molecule has 0 fully saturated rings. The van der Waals surface area contributed by atoms with Gasteiger partial charge in [-0.15, -0.1) is 0 Å². The molecular formula is C21H22BrN3O3. The molecule has 7 heteroatoms. The quantitative estimate of drug-likeness (QED) is 0.476. The number of carbonyl (C=O) groups is 1. The molecule has 1 amide bonds. The number of hydrogen-bond donors (Lipinski definition) is 2. The maximum atomic E-state index is 12.3. The molecule has 28 heavy (non-hydrogen) atoms. The topological polar surface area (TPSA) is 83.4 Å². The fourth-order valence-corrected chi connectivity index (χ4v) is 3.10. The highest BCUT2D eigenvalue weighted by molar-refractivity contribution is 9.10. The van der Waals surface area contributed by atoms with Crippen molar-refractivity contribution in [1.29, 1.82) is 5.26 Å². The fourth-order valence-electron chi connectivity index (χ4n) is 2.49. The van der Waals surface area contributed by atoms with Gasteiger partial charge in [0, 0.05) is 17.2 Å². The van der Waals surface area contributed by atoms with Crippen LogP contribution >= 0.6 is 15.9 Å². The summed E-state index contributed by atoms with van der Waals surface area (Å²) in [6, 6.07) is 13.3. The number of halogens is 1. The van der Waals surface area contributed by atoms with Crippen molar-refractivity contribution < 1.29 is 14.3 Å². The summed E-state index contributed by atoms with van der Waals surface area (Å²) in [5.41, 5.74) is 2.87. The lowest BCUT2D eigenvalue weighted by Crippen LogP contribution is -2.27. The van der Waals surface area contributed by atoms with E-state index in [1.807, 2.05) is 49.4 Å². The standard InChI is InChI=1S/C21H22BrN3O3/c1-14-4-6-18(17(22)10-14)25-13-16(12-23)21(26)24-9-8-15-5-7-19(27-2)20(11-15)28-3/h4-7,10-11,13,25H,8-9H2,1-3H3,(H,24,26)/b16-13-. The van der Waals surface area contributed by atoms with Crippen molar-refractivity contribution in [3.63, 3.8) is 0 Å². The first-order valence-electron chi connectivity index (χ1n) is 8.60. The Morgan fingerprint density at radius 2 is 1.93 bits per heavy atom. The van der Waals surface area contributed by atoms with E-state index >= 15 is 0 Å². The minimum absolute atomic E-state index is 0.000198. The molecule has 2 aromatic rings. The van der Waals surface area contributed by atoms with Crippen LogP contribution in [-0.2, 0) is 11.2 Å². The van der Waals surface area contributed by atoms with Crippen molar-refractivity contribution in [2.24, 2.45) is 0 Å². The molecule has 0 saturated carbocycles. The molecule has 0 aliphatic carbocycles. The van der Waals surface area contributed by atoms with Gasteiger partial charge in [-0.1, -0.05) is 12.1 Å². The average Bonchev–Trinajstić information content (AvgIpc) is 2.69. The molecule has 6 nitrogen and oxygen atoms in total. The largest absolute Gasteiger partial charge is 0.493 e. The van der Waals surface area contributed by atoms with Gasteiger partial charge in [0.1, 0.15) is 11.6 Å². The smallest absolute Gasteiger partial charge is 0.263 e. The molecule has 0 saturated heterocycles. The third-order valence-corrected chi connectivity index (χ3v) is 4.66. The van der Waals surface area contributed by atoms with E-state index in [1.54, 1.807) is 14.2 Å². The number of nitrogens with zero attached hydrogens (tertiary/aromatic N) is 1. The Morgan fingerprint density at radius 1 is 1.18 bits per heavy atom. The number of benzene rings is 2. The van der Waals surface area contributed by atoms with E-state index in [9.17, 15) is 10.1 Å².